The zero-order valence-electron chi connectivity index (χ0n) is 8.53. The van der Waals surface area contributed by atoms with E-state index < -0.39 is 0 Å². The molecule has 0 aliphatic carbocycles. The van der Waals surface area contributed by atoms with E-state index in [4.69, 9.17) is 16.3 Å². The summed E-state index contributed by atoms with van der Waals surface area (Å²) in [7, 11) is 1.48. The number of carbonyl (C=O) groups excluding carboxylic acids is 1. The molecular weight excluding hydrogens is 216 g/mol. The van der Waals surface area contributed by atoms with Gasteiger partial charge in [-0.05, 0) is 17.7 Å². The van der Waals surface area contributed by atoms with Crippen molar-refractivity contribution in [2.24, 2.45) is 0 Å². The van der Waals surface area contributed by atoms with Gasteiger partial charge in [0, 0.05) is 12.1 Å². The lowest BCUT2D eigenvalue weighted by Crippen LogP contribution is -2.14. The second-order valence-corrected chi connectivity index (χ2v) is 3.53. The van der Waals surface area contributed by atoms with Gasteiger partial charge in [-0.25, -0.2) is 0 Å². The van der Waals surface area contributed by atoms with E-state index in [-0.39, 0.29) is 19.0 Å². The van der Waals surface area contributed by atoms with Gasteiger partial charge in [-0.1, -0.05) is 23.7 Å². The first kappa shape index (κ1) is 12.2. The van der Waals surface area contributed by atoms with Gasteiger partial charge >= 0.3 is 0 Å². The number of ether oxygens (including phenoxy) is 2. The largest absolute Gasteiger partial charge is 0.377 e. The Morgan fingerprint density at radius 3 is 2.87 bits per heavy atom. The highest BCUT2D eigenvalue weighted by Crippen LogP contribution is 2.11. The molecule has 15 heavy (non-hydrogen) atoms. The summed E-state index contributed by atoms with van der Waals surface area (Å²) in [5, 5.41) is 0.666. The molecule has 0 aliphatic rings. The molecular formula is C11H13ClO3. The van der Waals surface area contributed by atoms with E-state index in [2.05, 4.69) is 4.74 Å². The molecule has 0 fully saturated rings. The molecule has 1 rings (SSSR count). The van der Waals surface area contributed by atoms with Crippen LogP contribution in [0.15, 0.2) is 24.3 Å². The predicted octanol–water partition coefficient (Wildman–Crippen LogP) is 2.07. The highest BCUT2D eigenvalue weighted by Gasteiger charge is 2.01. The second kappa shape index (κ2) is 6.56. The van der Waals surface area contributed by atoms with Crippen LogP contribution in [0, 0.1) is 0 Å². The van der Waals surface area contributed by atoms with Crippen LogP contribution >= 0.6 is 11.6 Å². The minimum atomic E-state index is -0.0699. The summed E-state index contributed by atoms with van der Waals surface area (Å²) in [6, 6.07) is 7.34. The first-order chi connectivity index (χ1) is 7.22. The van der Waals surface area contributed by atoms with Crippen LogP contribution in [0.3, 0.4) is 0 Å². The number of carbonyl (C=O) groups is 1. The number of rotatable bonds is 6. The Kier molecular flexibility index (Phi) is 5.32. The number of benzene rings is 1. The van der Waals surface area contributed by atoms with Crippen LogP contribution < -0.4 is 0 Å². The molecule has 0 amide bonds. The second-order valence-electron chi connectivity index (χ2n) is 3.09. The van der Waals surface area contributed by atoms with Crippen LogP contribution in [0.4, 0.5) is 0 Å². The summed E-state index contributed by atoms with van der Waals surface area (Å²) in [5.74, 6) is -0.0699. The SMILES string of the molecule is COCC(=O)COCc1cccc(Cl)c1. The molecule has 0 saturated carbocycles. The smallest absolute Gasteiger partial charge is 0.183 e. The first-order valence-electron chi connectivity index (χ1n) is 4.55. The molecule has 4 heteroatoms. The fraction of sp³-hybridized carbons (Fsp3) is 0.364. The number of methoxy groups -OCH3 is 1. The monoisotopic (exact) mass is 228 g/mol. The maximum atomic E-state index is 11.0. The summed E-state index contributed by atoms with van der Waals surface area (Å²) in [4.78, 5) is 11.0. The van der Waals surface area contributed by atoms with E-state index in [1.165, 1.54) is 7.11 Å². The summed E-state index contributed by atoms with van der Waals surface area (Å²) in [6.07, 6.45) is 0. The molecule has 0 radical (unpaired) electrons. The summed E-state index contributed by atoms with van der Waals surface area (Å²) >= 11 is 5.79. The zero-order chi connectivity index (χ0) is 11.1. The highest BCUT2D eigenvalue weighted by molar-refractivity contribution is 6.30. The Labute approximate surface area is 93.9 Å². The van der Waals surface area contributed by atoms with Gasteiger partial charge in [0.2, 0.25) is 0 Å². The van der Waals surface area contributed by atoms with Crippen LogP contribution in [0.5, 0.6) is 0 Å². The van der Waals surface area contributed by atoms with E-state index >= 15 is 0 Å². The minimum absolute atomic E-state index is 0.0698. The summed E-state index contributed by atoms with van der Waals surface area (Å²) in [6.45, 7) is 0.548. The van der Waals surface area contributed by atoms with E-state index in [0.29, 0.717) is 11.6 Å². The molecule has 0 heterocycles. The predicted molar refractivity (Wildman–Crippen MR) is 58.0 cm³/mol. The molecule has 0 bridgehead atoms. The molecule has 0 aromatic heterocycles. The van der Waals surface area contributed by atoms with Gasteiger partial charge in [-0.2, -0.15) is 0 Å². The minimum Gasteiger partial charge on any atom is -0.377 e. The van der Waals surface area contributed by atoms with Crippen molar-refractivity contribution in [2.45, 2.75) is 6.61 Å². The third-order valence-corrected chi connectivity index (χ3v) is 1.96. The molecule has 0 aliphatic heterocycles. The molecule has 82 valence electrons. The van der Waals surface area contributed by atoms with Crippen LogP contribution in [-0.4, -0.2) is 26.1 Å². The van der Waals surface area contributed by atoms with Gasteiger partial charge in [-0.3, -0.25) is 4.79 Å². The van der Waals surface area contributed by atoms with E-state index in [0.717, 1.165) is 5.56 Å². The van der Waals surface area contributed by atoms with Crippen molar-refractivity contribution < 1.29 is 14.3 Å². The Hall–Kier alpha value is -0.900. The summed E-state index contributed by atoms with van der Waals surface area (Å²) in [5.41, 5.74) is 0.952. The molecule has 1 aromatic carbocycles. The van der Waals surface area contributed by atoms with E-state index in [9.17, 15) is 4.79 Å². The van der Waals surface area contributed by atoms with Crippen LogP contribution in [0.2, 0.25) is 5.02 Å². The van der Waals surface area contributed by atoms with Crippen LogP contribution in [0.1, 0.15) is 5.56 Å². The number of Topliss-reactive ketones (excluding diaryl/α,β-unsaturated/α-hetero) is 1. The lowest BCUT2D eigenvalue weighted by molar-refractivity contribution is -0.127. The molecule has 1 aromatic rings. The molecule has 0 spiro atoms. The summed E-state index contributed by atoms with van der Waals surface area (Å²) < 4.78 is 9.88. The lowest BCUT2D eigenvalue weighted by Gasteiger charge is -2.03. The number of halogens is 1. The van der Waals surface area contributed by atoms with Crippen molar-refractivity contribution in [3.05, 3.63) is 34.9 Å². The van der Waals surface area contributed by atoms with Gasteiger partial charge in [0.25, 0.3) is 0 Å². The Morgan fingerprint density at radius 1 is 1.40 bits per heavy atom. The van der Waals surface area contributed by atoms with Crippen molar-refractivity contribution in [3.63, 3.8) is 0 Å². The molecule has 0 saturated heterocycles. The van der Waals surface area contributed by atoms with Crippen LogP contribution in [0.25, 0.3) is 0 Å². The van der Waals surface area contributed by atoms with Gasteiger partial charge < -0.3 is 9.47 Å². The Morgan fingerprint density at radius 2 is 2.20 bits per heavy atom. The van der Waals surface area contributed by atoms with Gasteiger partial charge in [-0.15, -0.1) is 0 Å². The Balaban J connectivity index is 2.28. The van der Waals surface area contributed by atoms with Gasteiger partial charge in [0.1, 0.15) is 13.2 Å². The van der Waals surface area contributed by atoms with Crippen molar-refractivity contribution in [1.29, 1.82) is 0 Å². The highest BCUT2D eigenvalue weighted by atomic mass is 35.5. The van der Waals surface area contributed by atoms with Crippen molar-refractivity contribution >= 4 is 17.4 Å². The maximum absolute atomic E-state index is 11.0. The Bertz CT molecular complexity index is 325. The fourth-order valence-electron chi connectivity index (χ4n) is 1.11. The van der Waals surface area contributed by atoms with Gasteiger partial charge in [0.05, 0.1) is 6.61 Å². The molecule has 0 N–H and O–H groups in total. The fourth-order valence-corrected chi connectivity index (χ4v) is 1.33. The van der Waals surface area contributed by atoms with Crippen molar-refractivity contribution in [1.82, 2.24) is 0 Å². The topological polar surface area (TPSA) is 35.5 Å². The van der Waals surface area contributed by atoms with Crippen LogP contribution in [-0.2, 0) is 20.9 Å². The first-order valence-corrected chi connectivity index (χ1v) is 4.93. The number of hydrogen-bond acceptors (Lipinski definition) is 3. The average molecular weight is 229 g/mol. The standard InChI is InChI=1S/C11H13ClO3/c1-14-7-11(13)8-15-6-9-3-2-4-10(12)5-9/h2-5H,6-8H2,1H3. The van der Waals surface area contributed by atoms with E-state index in [1.807, 2.05) is 18.2 Å². The lowest BCUT2D eigenvalue weighted by atomic mass is 10.2. The number of ketones is 1. The number of hydrogen-bond donors (Lipinski definition) is 0. The molecule has 3 nitrogen and oxygen atoms in total. The normalized spacial score (nSPS) is 10.3. The quantitative estimate of drug-likeness (QED) is 0.748. The third-order valence-electron chi connectivity index (χ3n) is 1.73. The third kappa shape index (κ3) is 4.93. The zero-order valence-corrected chi connectivity index (χ0v) is 9.29. The van der Waals surface area contributed by atoms with Crippen molar-refractivity contribution in [2.75, 3.05) is 20.3 Å². The molecule has 0 atom stereocenters. The van der Waals surface area contributed by atoms with Gasteiger partial charge in [0.15, 0.2) is 5.78 Å². The maximum Gasteiger partial charge on any atom is 0.183 e. The van der Waals surface area contributed by atoms with Crippen molar-refractivity contribution in [3.8, 4) is 0 Å². The average Bonchev–Trinajstić information content (AvgIpc) is 2.18. The van der Waals surface area contributed by atoms with E-state index in [1.54, 1.807) is 6.07 Å². The molecule has 0 unspecified atom stereocenters.